The van der Waals surface area contributed by atoms with Crippen LogP contribution >= 0.6 is 12.8 Å². The molecule has 2 aliphatic rings. The smallest absolute Gasteiger partial charge is 0.174 e. The van der Waals surface area contributed by atoms with Gasteiger partial charge in [-0.15, -0.1) is 0 Å². The van der Waals surface area contributed by atoms with Gasteiger partial charge in [0, 0.05) is 28.8 Å². The van der Waals surface area contributed by atoms with E-state index < -0.39 is 5.79 Å². The SMILES string of the molecule is CCC1(CO)COC2(CC(C)(CC)N(S)C(C)(CC)C2C)OC1. The molecule has 0 aromatic rings. The Kier molecular flexibility index (Phi) is 5.50. The number of piperidine rings is 1. The van der Waals surface area contributed by atoms with Crippen molar-refractivity contribution in [2.24, 2.45) is 11.3 Å². The lowest BCUT2D eigenvalue weighted by atomic mass is 9.67. The van der Waals surface area contributed by atoms with Crippen LogP contribution in [0.25, 0.3) is 0 Å². The zero-order valence-electron chi connectivity index (χ0n) is 15.7. The van der Waals surface area contributed by atoms with Crippen LogP contribution in [0.5, 0.6) is 0 Å². The second-order valence-electron chi connectivity index (χ2n) is 8.17. The summed E-state index contributed by atoms with van der Waals surface area (Å²) in [4.78, 5) is 0. The number of hydrogen-bond acceptors (Lipinski definition) is 5. The normalized spacial score (nSPS) is 48.8. The summed E-state index contributed by atoms with van der Waals surface area (Å²) in [6.45, 7) is 14.5. The number of aliphatic hydroxyl groups is 1. The minimum absolute atomic E-state index is 0.0776. The first kappa shape index (κ1) is 19.5. The van der Waals surface area contributed by atoms with E-state index in [1.165, 1.54) is 0 Å². The Labute approximate surface area is 147 Å². The van der Waals surface area contributed by atoms with Crippen molar-refractivity contribution < 1.29 is 14.6 Å². The van der Waals surface area contributed by atoms with Gasteiger partial charge in [0.25, 0.3) is 0 Å². The summed E-state index contributed by atoms with van der Waals surface area (Å²) in [6, 6.07) is 0. The van der Waals surface area contributed by atoms with Crippen LogP contribution in [0.3, 0.4) is 0 Å². The van der Waals surface area contributed by atoms with Crippen molar-refractivity contribution in [2.75, 3.05) is 19.8 Å². The molecule has 0 amide bonds. The van der Waals surface area contributed by atoms with Gasteiger partial charge in [0.15, 0.2) is 5.79 Å². The molecule has 2 aliphatic heterocycles. The Hall–Kier alpha value is 0.190. The predicted molar refractivity (Wildman–Crippen MR) is 96.4 cm³/mol. The van der Waals surface area contributed by atoms with E-state index in [1.54, 1.807) is 0 Å². The molecule has 3 unspecified atom stereocenters. The second kappa shape index (κ2) is 6.49. The van der Waals surface area contributed by atoms with Gasteiger partial charge in [-0.2, -0.15) is 0 Å². The fraction of sp³-hybridized carbons (Fsp3) is 1.00. The van der Waals surface area contributed by atoms with Gasteiger partial charge >= 0.3 is 0 Å². The molecule has 0 aromatic heterocycles. The maximum absolute atomic E-state index is 9.75. The Morgan fingerprint density at radius 3 is 2.04 bits per heavy atom. The summed E-state index contributed by atoms with van der Waals surface area (Å²) in [5.41, 5.74) is -0.433. The van der Waals surface area contributed by atoms with Crippen molar-refractivity contribution in [2.45, 2.75) is 84.1 Å². The highest BCUT2D eigenvalue weighted by Crippen LogP contribution is 2.54. The van der Waals surface area contributed by atoms with Gasteiger partial charge in [-0.05, 0) is 33.1 Å². The summed E-state index contributed by atoms with van der Waals surface area (Å²) < 4.78 is 15.1. The lowest BCUT2D eigenvalue weighted by Gasteiger charge is -2.63. The van der Waals surface area contributed by atoms with Crippen molar-refractivity contribution in [3.05, 3.63) is 0 Å². The molecular formula is C18H35NO3S. The summed E-state index contributed by atoms with van der Waals surface area (Å²) in [7, 11) is 0. The fourth-order valence-corrected chi connectivity index (χ4v) is 4.68. The Balaban J connectivity index is 2.35. The van der Waals surface area contributed by atoms with Crippen LogP contribution in [0.4, 0.5) is 0 Å². The molecule has 3 atom stereocenters. The van der Waals surface area contributed by atoms with Crippen molar-refractivity contribution in [1.29, 1.82) is 0 Å². The molecule has 0 bridgehead atoms. The average molecular weight is 346 g/mol. The van der Waals surface area contributed by atoms with Gasteiger partial charge < -0.3 is 14.6 Å². The third-order valence-corrected chi connectivity index (χ3v) is 7.96. The number of rotatable bonds is 4. The lowest BCUT2D eigenvalue weighted by Crippen LogP contribution is -2.71. The third-order valence-electron chi connectivity index (χ3n) is 7.02. The first-order valence-corrected chi connectivity index (χ1v) is 9.45. The van der Waals surface area contributed by atoms with Crippen molar-refractivity contribution in [1.82, 2.24) is 4.31 Å². The molecule has 0 saturated carbocycles. The van der Waals surface area contributed by atoms with E-state index >= 15 is 0 Å². The monoisotopic (exact) mass is 345 g/mol. The lowest BCUT2D eigenvalue weighted by molar-refractivity contribution is -0.364. The van der Waals surface area contributed by atoms with Crippen molar-refractivity contribution >= 4 is 12.8 Å². The molecule has 4 nitrogen and oxygen atoms in total. The first-order chi connectivity index (χ1) is 10.7. The summed E-state index contributed by atoms with van der Waals surface area (Å²) >= 11 is 4.90. The van der Waals surface area contributed by atoms with Crippen LogP contribution in [-0.4, -0.2) is 46.1 Å². The molecule has 1 spiro atoms. The Morgan fingerprint density at radius 2 is 1.65 bits per heavy atom. The zero-order chi connectivity index (χ0) is 17.5. The average Bonchev–Trinajstić information content (AvgIpc) is 2.59. The van der Waals surface area contributed by atoms with Gasteiger partial charge in [-0.3, -0.25) is 0 Å². The Morgan fingerprint density at radius 1 is 1.09 bits per heavy atom. The summed E-state index contributed by atoms with van der Waals surface area (Å²) in [6.07, 6.45) is 3.65. The number of nitrogens with zero attached hydrogens (tertiary/aromatic N) is 1. The van der Waals surface area contributed by atoms with Crippen LogP contribution in [0, 0.1) is 11.3 Å². The molecule has 0 radical (unpaired) electrons. The van der Waals surface area contributed by atoms with E-state index in [1.807, 2.05) is 0 Å². The number of thiol groups is 1. The second-order valence-corrected chi connectivity index (χ2v) is 8.57. The predicted octanol–water partition coefficient (Wildman–Crippen LogP) is 3.64. The highest BCUT2D eigenvalue weighted by molar-refractivity contribution is 7.77. The highest BCUT2D eigenvalue weighted by atomic mass is 32.1. The molecule has 2 heterocycles. The molecule has 23 heavy (non-hydrogen) atoms. The van der Waals surface area contributed by atoms with E-state index in [-0.39, 0.29) is 29.0 Å². The first-order valence-electron chi connectivity index (χ1n) is 9.05. The van der Waals surface area contributed by atoms with Gasteiger partial charge in [-0.1, -0.05) is 40.5 Å². The topological polar surface area (TPSA) is 41.9 Å². The molecule has 2 saturated heterocycles. The molecule has 136 valence electrons. The summed E-state index contributed by atoms with van der Waals surface area (Å²) in [5.74, 6) is -0.381. The van der Waals surface area contributed by atoms with E-state index in [9.17, 15) is 5.11 Å². The van der Waals surface area contributed by atoms with Crippen LogP contribution in [-0.2, 0) is 9.47 Å². The minimum atomic E-state index is -0.581. The van der Waals surface area contributed by atoms with E-state index in [0.29, 0.717) is 13.2 Å². The number of hydrogen-bond donors (Lipinski definition) is 2. The van der Waals surface area contributed by atoms with E-state index in [4.69, 9.17) is 22.3 Å². The van der Waals surface area contributed by atoms with E-state index in [0.717, 1.165) is 25.7 Å². The van der Waals surface area contributed by atoms with Crippen molar-refractivity contribution in [3.8, 4) is 0 Å². The maximum Gasteiger partial charge on any atom is 0.174 e. The zero-order valence-corrected chi connectivity index (χ0v) is 16.6. The fourth-order valence-electron chi connectivity index (χ4n) is 4.16. The standard InChI is InChI=1S/C18H35NO3S/c1-7-15(5)10-18(14(4)16(6,8-2)19(15)23)21-12-17(9-3,11-20)13-22-18/h14,20,23H,7-13H2,1-6H3. The molecular weight excluding hydrogens is 310 g/mol. The number of ether oxygens (including phenoxy) is 2. The van der Waals surface area contributed by atoms with Gasteiger partial charge in [-0.25, -0.2) is 4.31 Å². The largest absolute Gasteiger partial charge is 0.396 e. The summed E-state index contributed by atoms with van der Waals surface area (Å²) in [5, 5.41) is 9.75. The van der Waals surface area contributed by atoms with Crippen molar-refractivity contribution in [3.63, 3.8) is 0 Å². The van der Waals surface area contributed by atoms with Gasteiger partial charge in [0.05, 0.1) is 19.8 Å². The molecule has 0 aliphatic carbocycles. The molecule has 2 fully saturated rings. The van der Waals surface area contributed by atoms with Gasteiger partial charge in [0.2, 0.25) is 0 Å². The van der Waals surface area contributed by atoms with Crippen LogP contribution in [0.2, 0.25) is 0 Å². The Bertz CT molecular complexity index is 418. The molecule has 1 N–H and O–H groups in total. The molecule has 0 aromatic carbocycles. The van der Waals surface area contributed by atoms with Crippen LogP contribution in [0.1, 0.15) is 67.2 Å². The van der Waals surface area contributed by atoms with Crippen LogP contribution < -0.4 is 0 Å². The molecule has 5 heteroatoms. The number of aliphatic hydroxyl groups excluding tert-OH is 1. The van der Waals surface area contributed by atoms with Crippen LogP contribution in [0.15, 0.2) is 0 Å². The minimum Gasteiger partial charge on any atom is -0.396 e. The highest BCUT2D eigenvalue weighted by Gasteiger charge is 2.62. The quantitative estimate of drug-likeness (QED) is 0.763. The third kappa shape index (κ3) is 2.86. The maximum atomic E-state index is 9.75. The molecule has 2 rings (SSSR count). The van der Waals surface area contributed by atoms with E-state index in [2.05, 4.69) is 45.8 Å². The van der Waals surface area contributed by atoms with Gasteiger partial charge in [0.1, 0.15) is 0 Å².